The lowest BCUT2D eigenvalue weighted by molar-refractivity contribution is 0.0903. The van der Waals surface area contributed by atoms with E-state index in [0.717, 1.165) is 23.5 Å². The first-order chi connectivity index (χ1) is 12.8. The van der Waals surface area contributed by atoms with Crippen LogP contribution in [-0.4, -0.2) is 26.8 Å². The van der Waals surface area contributed by atoms with Crippen LogP contribution < -0.4 is 5.32 Å². The maximum atomic E-state index is 9.10. The summed E-state index contributed by atoms with van der Waals surface area (Å²) in [6.07, 6.45) is 6.62. The minimum absolute atomic E-state index is 0.0932. The lowest BCUT2D eigenvalue weighted by atomic mass is 10.1. The van der Waals surface area contributed by atoms with E-state index in [9.17, 15) is 0 Å². The van der Waals surface area contributed by atoms with E-state index < -0.39 is 0 Å². The van der Waals surface area contributed by atoms with Gasteiger partial charge < -0.3 is 19.2 Å². The summed E-state index contributed by atoms with van der Waals surface area (Å²) in [4.78, 5) is 4.56. The van der Waals surface area contributed by atoms with Crippen LogP contribution in [0.3, 0.4) is 0 Å². The molecule has 1 aliphatic rings. The molecule has 4 rings (SSSR count). The zero-order valence-electron chi connectivity index (χ0n) is 14.7. The van der Waals surface area contributed by atoms with E-state index in [1.807, 2.05) is 54.5 Å². The molecule has 1 N–H and O–H groups in total. The Bertz CT molecular complexity index is 921. The average Bonchev–Trinajstić information content (AvgIpc) is 3.39. The van der Waals surface area contributed by atoms with Crippen LogP contribution in [0.25, 0.3) is 5.69 Å². The number of hydrogen-bond acceptors (Lipinski definition) is 4. The van der Waals surface area contributed by atoms with Gasteiger partial charge in [0.25, 0.3) is 0 Å². The molecule has 132 valence electrons. The fourth-order valence-electron chi connectivity index (χ4n) is 3.48. The molecule has 2 aromatic heterocycles. The van der Waals surface area contributed by atoms with Crippen LogP contribution in [-0.2, 0) is 18.3 Å². The zero-order valence-corrected chi connectivity index (χ0v) is 14.7. The van der Waals surface area contributed by atoms with Crippen molar-refractivity contribution >= 4 is 0 Å². The fourth-order valence-corrected chi connectivity index (χ4v) is 3.48. The molecule has 1 aliphatic heterocycles. The number of imidazole rings is 1. The SMILES string of the molecule is Cn1cc(CN[C@H]2CCO[C@@H]2c2nccn2-c2ccccc2)cc1C#N. The van der Waals surface area contributed by atoms with E-state index in [0.29, 0.717) is 18.8 Å². The van der Waals surface area contributed by atoms with Crippen molar-refractivity contribution in [3.63, 3.8) is 0 Å². The molecule has 0 bridgehead atoms. The molecular formula is C20H21N5O. The van der Waals surface area contributed by atoms with Crippen LogP contribution in [0.1, 0.15) is 29.6 Å². The number of nitriles is 1. The summed E-state index contributed by atoms with van der Waals surface area (Å²) < 4.78 is 9.94. The molecule has 0 aliphatic carbocycles. The van der Waals surface area contributed by atoms with Crippen LogP contribution >= 0.6 is 0 Å². The van der Waals surface area contributed by atoms with Crippen LogP contribution in [0, 0.1) is 11.3 Å². The number of para-hydroxylation sites is 1. The Hall–Kier alpha value is -2.88. The highest BCUT2D eigenvalue weighted by Gasteiger charge is 2.32. The van der Waals surface area contributed by atoms with Gasteiger partial charge in [0.15, 0.2) is 0 Å². The second-order valence-electron chi connectivity index (χ2n) is 6.51. The molecule has 6 heteroatoms. The molecule has 2 atom stereocenters. The highest BCUT2D eigenvalue weighted by atomic mass is 16.5. The van der Waals surface area contributed by atoms with Crippen molar-refractivity contribution < 1.29 is 4.74 Å². The highest BCUT2D eigenvalue weighted by Crippen LogP contribution is 2.30. The maximum Gasteiger partial charge on any atom is 0.144 e. The highest BCUT2D eigenvalue weighted by molar-refractivity contribution is 5.33. The molecule has 0 saturated carbocycles. The van der Waals surface area contributed by atoms with Gasteiger partial charge in [0.2, 0.25) is 0 Å². The van der Waals surface area contributed by atoms with E-state index >= 15 is 0 Å². The van der Waals surface area contributed by atoms with E-state index in [1.54, 1.807) is 0 Å². The predicted octanol–water partition coefficient (Wildman–Crippen LogP) is 2.70. The monoisotopic (exact) mass is 347 g/mol. The average molecular weight is 347 g/mol. The molecule has 3 heterocycles. The second kappa shape index (κ2) is 7.16. The Balaban J connectivity index is 1.51. The quantitative estimate of drug-likeness (QED) is 0.770. The van der Waals surface area contributed by atoms with Crippen molar-refractivity contribution in [1.82, 2.24) is 19.4 Å². The van der Waals surface area contributed by atoms with Gasteiger partial charge in [-0.05, 0) is 30.2 Å². The van der Waals surface area contributed by atoms with Gasteiger partial charge in [-0.1, -0.05) is 18.2 Å². The van der Waals surface area contributed by atoms with Crippen molar-refractivity contribution in [1.29, 1.82) is 5.26 Å². The Labute approximate surface area is 152 Å². The number of aromatic nitrogens is 3. The maximum absolute atomic E-state index is 9.10. The van der Waals surface area contributed by atoms with Gasteiger partial charge in [-0.25, -0.2) is 4.98 Å². The smallest absolute Gasteiger partial charge is 0.144 e. The van der Waals surface area contributed by atoms with Crippen LogP contribution in [0.4, 0.5) is 0 Å². The third kappa shape index (κ3) is 3.15. The summed E-state index contributed by atoms with van der Waals surface area (Å²) in [5.41, 5.74) is 2.85. The summed E-state index contributed by atoms with van der Waals surface area (Å²) in [5.74, 6) is 0.914. The number of hydrogen-bond donors (Lipinski definition) is 1. The Kier molecular flexibility index (Phi) is 4.57. The van der Waals surface area contributed by atoms with Gasteiger partial charge in [-0.3, -0.25) is 0 Å². The normalized spacial score (nSPS) is 19.5. The van der Waals surface area contributed by atoms with E-state index in [-0.39, 0.29) is 12.1 Å². The molecule has 0 spiro atoms. The summed E-state index contributed by atoms with van der Waals surface area (Å²) in [6.45, 7) is 1.41. The van der Waals surface area contributed by atoms with Crippen LogP contribution in [0.5, 0.6) is 0 Å². The molecule has 6 nitrogen and oxygen atoms in total. The number of nitrogens with one attached hydrogen (secondary N) is 1. The van der Waals surface area contributed by atoms with Crippen LogP contribution in [0.2, 0.25) is 0 Å². The minimum Gasteiger partial charge on any atom is -0.369 e. The van der Waals surface area contributed by atoms with Gasteiger partial charge in [0.05, 0.1) is 0 Å². The molecule has 0 amide bonds. The Morgan fingerprint density at radius 1 is 1.35 bits per heavy atom. The third-order valence-electron chi connectivity index (χ3n) is 4.79. The summed E-state index contributed by atoms with van der Waals surface area (Å²) in [6, 6.07) is 14.5. The van der Waals surface area contributed by atoms with Gasteiger partial charge in [-0.2, -0.15) is 5.26 Å². The minimum atomic E-state index is -0.0932. The van der Waals surface area contributed by atoms with Gasteiger partial charge in [-0.15, -0.1) is 0 Å². The molecule has 0 unspecified atom stereocenters. The predicted molar refractivity (Wildman–Crippen MR) is 97.6 cm³/mol. The molecule has 26 heavy (non-hydrogen) atoms. The summed E-state index contributed by atoms with van der Waals surface area (Å²) in [7, 11) is 1.89. The van der Waals surface area contributed by atoms with Crippen molar-refractivity contribution in [2.45, 2.75) is 25.1 Å². The summed E-state index contributed by atoms with van der Waals surface area (Å²) in [5, 5.41) is 12.7. The second-order valence-corrected chi connectivity index (χ2v) is 6.51. The Morgan fingerprint density at radius 2 is 2.19 bits per heavy atom. The van der Waals surface area contributed by atoms with Crippen molar-refractivity contribution in [2.24, 2.45) is 7.05 Å². The number of rotatable bonds is 5. The molecular weight excluding hydrogens is 326 g/mol. The fraction of sp³-hybridized carbons (Fsp3) is 0.300. The van der Waals surface area contributed by atoms with Gasteiger partial charge in [0.1, 0.15) is 23.7 Å². The molecule has 1 aromatic carbocycles. The van der Waals surface area contributed by atoms with E-state index in [1.165, 1.54) is 0 Å². The first-order valence-corrected chi connectivity index (χ1v) is 8.75. The summed E-state index contributed by atoms with van der Waals surface area (Å²) >= 11 is 0. The topological polar surface area (TPSA) is 67.8 Å². The molecule has 3 aromatic rings. The standard InChI is InChI=1S/C20H21N5O/c1-24-14-15(11-17(24)12-21)13-23-18-7-10-26-19(18)20-22-8-9-25(20)16-5-3-2-4-6-16/h2-6,8-9,11,14,18-19,23H,7,10,13H2,1H3/t18-,19-/m0/s1. The molecule has 1 saturated heterocycles. The lowest BCUT2D eigenvalue weighted by Crippen LogP contribution is -2.32. The largest absolute Gasteiger partial charge is 0.369 e. The lowest BCUT2D eigenvalue weighted by Gasteiger charge is -2.20. The molecule has 0 radical (unpaired) electrons. The van der Waals surface area contributed by atoms with E-state index in [4.69, 9.17) is 10.00 Å². The number of aryl methyl sites for hydroxylation is 1. The van der Waals surface area contributed by atoms with Crippen molar-refractivity contribution in [3.05, 3.63) is 72.1 Å². The number of nitrogens with zero attached hydrogens (tertiary/aromatic N) is 4. The van der Waals surface area contributed by atoms with E-state index in [2.05, 4.69) is 33.1 Å². The first kappa shape index (κ1) is 16.6. The molecule has 1 fully saturated rings. The van der Waals surface area contributed by atoms with Gasteiger partial charge >= 0.3 is 0 Å². The number of ether oxygens (including phenoxy) is 1. The number of benzene rings is 1. The van der Waals surface area contributed by atoms with Gasteiger partial charge in [0, 0.05) is 50.5 Å². The zero-order chi connectivity index (χ0) is 17.9. The first-order valence-electron chi connectivity index (χ1n) is 8.75. The van der Waals surface area contributed by atoms with Crippen LogP contribution in [0.15, 0.2) is 55.0 Å². The Morgan fingerprint density at radius 3 is 2.96 bits per heavy atom. The van der Waals surface area contributed by atoms with Crippen molar-refractivity contribution in [3.8, 4) is 11.8 Å². The van der Waals surface area contributed by atoms with Crippen molar-refractivity contribution in [2.75, 3.05) is 6.61 Å². The third-order valence-corrected chi connectivity index (χ3v) is 4.79.